The third-order valence-corrected chi connectivity index (χ3v) is 3.55. The van der Waals surface area contributed by atoms with Crippen molar-refractivity contribution in [2.45, 2.75) is 26.1 Å². The van der Waals surface area contributed by atoms with Crippen molar-refractivity contribution < 1.29 is 9.53 Å². The van der Waals surface area contributed by atoms with Gasteiger partial charge in [-0.3, -0.25) is 4.90 Å². The first-order chi connectivity index (χ1) is 10.6. The maximum absolute atomic E-state index is 10.8. The van der Waals surface area contributed by atoms with E-state index in [1.54, 1.807) is 0 Å². The summed E-state index contributed by atoms with van der Waals surface area (Å²) < 4.78 is 4.96. The largest absolute Gasteiger partial charge is 0.448 e. The molecule has 2 aromatic rings. The number of ether oxygens (including phenoxy) is 1. The molecule has 1 amide bonds. The van der Waals surface area contributed by atoms with Gasteiger partial charge in [0, 0.05) is 19.1 Å². The van der Waals surface area contributed by atoms with Crippen LogP contribution in [0.3, 0.4) is 0 Å². The van der Waals surface area contributed by atoms with Gasteiger partial charge in [0.05, 0.1) is 0 Å². The van der Waals surface area contributed by atoms with Gasteiger partial charge in [0.1, 0.15) is 6.61 Å². The van der Waals surface area contributed by atoms with Crippen LogP contribution in [0.15, 0.2) is 60.7 Å². The minimum atomic E-state index is -0.730. The lowest BCUT2D eigenvalue weighted by atomic mass is 10.1. The van der Waals surface area contributed by atoms with Gasteiger partial charge in [-0.25, -0.2) is 4.79 Å². The smallest absolute Gasteiger partial charge is 0.404 e. The molecule has 116 valence electrons. The van der Waals surface area contributed by atoms with Crippen LogP contribution in [0.1, 0.15) is 18.1 Å². The predicted molar refractivity (Wildman–Crippen MR) is 87.1 cm³/mol. The molecule has 4 heteroatoms. The second-order valence-electron chi connectivity index (χ2n) is 5.36. The van der Waals surface area contributed by atoms with Crippen molar-refractivity contribution in [2.24, 2.45) is 5.73 Å². The van der Waals surface area contributed by atoms with Crippen molar-refractivity contribution in [3.63, 3.8) is 0 Å². The molecule has 0 saturated heterocycles. The Morgan fingerprint density at radius 3 is 1.86 bits per heavy atom. The van der Waals surface area contributed by atoms with Crippen LogP contribution in [0.25, 0.3) is 0 Å². The highest BCUT2D eigenvalue weighted by Crippen LogP contribution is 2.13. The maximum atomic E-state index is 10.8. The van der Waals surface area contributed by atoms with E-state index in [2.05, 4.69) is 29.2 Å². The first-order valence-corrected chi connectivity index (χ1v) is 7.39. The van der Waals surface area contributed by atoms with E-state index in [1.807, 2.05) is 43.3 Å². The van der Waals surface area contributed by atoms with Gasteiger partial charge in [0.15, 0.2) is 0 Å². The van der Waals surface area contributed by atoms with Gasteiger partial charge in [0.2, 0.25) is 0 Å². The molecule has 0 spiro atoms. The third kappa shape index (κ3) is 5.22. The summed E-state index contributed by atoms with van der Waals surface area (Å²) in [5.74, 6) is 0. The number of benzene rings is 2. The zero-order valence-corrected chi connectivity index (χ0v) is 12.8. The van der Waals surface area contributed by atoms with Crippen LogP contribution < -0.4 is 5.73 Å². The van der Waals surface area contributed by atoms with Gasteiger partial charge < -0.3 is 10.5 Å². The van der Waals surface area contributed by atoms with Gasteiger partial charge in [-0.05, 0) is 18.1 Å². The molecule has 2 rings (SSSR count). The molecule has 0 aliphatic carbocycles. The molecule has 0 aromatic heterocycles. The van der Waals surface area contributed by atoms with Crippen molar-refractivity contribution in [1.29, 1.82) is 0 Å². The number of rotatable bonds is 7. The molecule has 2 N–H and O–H groups in total. The highest BCUT2D eigenvalue weighted by Gasteiger charge is 2.16. The molecule has 0 radical (unpaired) electrons. The summed E-state index contributed by atoms with van der Waals surface area (Å²) in [6, 6.07) is 20.6. The van der Waals surface area contributed by atoms with Crippen molar-refractivity contribution in [3.8, 4) is 0 Å². The van der Waals surface area contributed by atoms with E-state index >= 15 is 0 Å². The number of nitrogens with two attached hydrogens (primary N) is 1. The number of nitrogens with zero attached hydrogens (tertiary/aromatic N) is 1. The standard InChI is InChI=1S/C18H22N2O2/c1-15(14-22-18(19)21)20(12-16-8-4-2-5-9-16)13-17-10-6-3-7-11-17/h2-11,15H,12-14H2,1H3,(H2,19,21)/t15-/m0/s1. The Balaban J connectivity index is 2.07. The first kappa shape index (κ1) is 16.0. The Morgan fingerprint density at radius 2 is 1.45 bits per heavy atom. The van der Waals surface area contributed by atoms with Crippen LogP contribution >= 0.6 is 0 Å². The summed E-state index contributed by atoms with van der Waals surface area (Å²) in [6.45, 7) is 3.90. The van der Waals surface area contributed by atoms with Crippen molar-refractivity contribution in [2.75, 3.05) is 6.61 Å². The van der Waals surface area contributed by atoms with Crippen LogP contribution in [0.5, 0.6) is 0 Å². The van der Waals surface area contributed by atoms with Gasteiger partial charge >= 0.3 is 6.09 Å². The monoisotopic (exact) mass is 298 g/mol. The van der Waals surface area contributed by atoms with Crippen molar-refractivity contribution >= 4 is 6.09 Å². The van der Waals surface area contributed by atoms with Gasteiger partial charge in [-0.15, -0.1) is 0 Å². The van der Waals surface area contributed by atoms with Crippen LogP contribution in [0.4, 0.5) is 4.79 Å². The molecule has 0 fully saturated rings. The summed E-state index contributed by atoms with van der Waals surface area (Å²) >= 11 is 0. The van der Waals surface area contributed by atoms with E-state index in [0.29, 0.717) is 0 Å². The summed E-state index contributed by atoms with van der Waals surface area (Å²) in [5.41, 5.74) is 7.52. The van der Waals surface area contributed by atoms with Crippen molar-refractivity contribution in [1.82, 2.24) is 4.90 Å². The minimum Gasteiger partial charge on any atom is -0.448 e. The summed E-state index contributed by atoms with van der Waals surface area (Å²) in [7, 11) is 0. The van der Waals surface area contributed by atoms with Gasteiger partial charge in [-0.1, -0.05) is 60.7 Å². The predicted octanol–water partition coefficient (Wildman–Crippen LogP) is 3.17. The highest BCUT2D eigenvalue weighted by molar-refractivity contribution is 5.64. The minimum absolute atomic E-state index is 0.0768. The van der Waals surface area contributed by atoms with E-state index < -0.39 is 6.09 Å². The summed E-state index contributed by atoms with van der Waals surface area (Å²) in [4.78, 5) is 13.1. The van der Waals surface area contributed by atoms with Crippen LogP contribution in [-0.4, -0.2) is 23.6 Å². The molecule has 0 bridgehead atoms. The molecule has 0 saturated carbocycles. The van der Waals surface area contributed by atoms with Crippen LogP contribution in [0, 0.1) is 0 Å². The lowest BCUT2D eigenvalue weighted by Gasteiger charge is -2.28. The molecule has 0 aliphatic rings. The van der Waals surface area contributed by atoms with Gasteiger partial charge in [-0.2, -0.15) is 0 Å². The zero-order chi connectivity index (χ0) is 15.8. The van der Waals surface area contributed by atoms with E-state index in [9.17, 15) is 4.79 Å². The van der Waals surface area contributed by atoms with E-state index in [0.717, 1.165) is 13.1 Å². The molecule has 4 nitrogen and oxygen atoms in total. The Hall–Kier alpha value is -2.33. The van der Waals surface area contributed by atoms with Crippen LogP contribution in [-0.2, 0) is 17.8 Å². The molecule has 0 aliphatic heterocycles. The third-order valence-electron chi connectivity index (χ3n) is 3.55. The van der Waals surface area contributed by atoms with E-state index in [4.69, 9.17) is 10.5 Å². The lowest BCUT2D eigenvalue weighted by molar-refractivity contribution is 0.0941. The fourth-order valence-corrected chi connectivity index (χ4v) is 2.31. The van der Waals surface area contributed by atoms with Crippen LogP contribution in [0.2, 0.25) is 0 Å². The fraction of sp³-hybridized carbons (Fsp3) is 0.278. The average molecular weight is 298 g/mol. The Morgan fingerprint density at radius 1 is 1.00 bits per heavy atom. The number of primary amides is 1. The molecule has 22 heavy (non-hydrogen) atoms. The number of carbonyl (C=O) groups excluding carboxylic acids is 1. The molecular weight excluding hydrogens is 276 g/mol. The first-order valence-electron chi connectivity index (χ1n) is 7.39. The fourth-order valence-electron chi connectivity index (χ4n) is 2.31. The number of carbonyl (C=O) groups is 1. The summed E-state index contributed by atoms with van der Waals surface area (Å²) in [5, 5.41) is 0. The zero-order valence-electron chi connectivity index (χ0n) is 12.8. The molecular formula is C18H22N2O2. The van der Waals surface area contributed by atoms with Gasteiger partial charge in [0.25, 0.3) is 0 Å². The average Bonchev–Trinajstić information content (AvgIpc) is 2.54. The highest BCUT2D eigenvalue weighted by atomic mass is 16.5. The Bertz CT molecular complexity index is 531. The lowest BCUT2D eigenvalue weighted by Crippen LogP contribution is -2.36. The second-order valence-corrected chi connectivity index (χ2v) is 5.36. The van der Waals surface area contributed by atoms with E-state index in [-0.39, 0.29) is 12.6 Å². The van der Waals surface area contributed by atoms with Crippen molar-refractivity contribution in [3.05, 3.63) is 71.8 Å². The quantitative estimate of drug-likeness (QED) is 0.854. The Labute approximate surface area is 131 Å². The van der Waals surface area contributed by atoms with E-state index in [1.165, 1.54) is 11.1 Å². The second kappa shape index (κ2) is 8.20. The molecule has 0 heterocycles. The topological polar surface area (TPSA) is 55.6 Å². The molecule has 2 aromatic carbocycles. The SMILES string of the molecule is C[C@@H](COC(N)=O)N(Cc1ccccc1)Cc1ccccc1. The normalized spacial score (nSPS) is 12.1. The number of hydrogen-bond acceptors (Lipinski definition) is 3. The Kier molecular flexibility index (Phi) is 5.98. The maximum Gasteiger partial charge on any atom is 0.404 e. The molecule has 1 atom stereocenters. The number of hydrogen-bond donors (Lipinski definition) is 1. The summed E-state index contributed by atoms with van der Waals surface area (Å²) in [6.07, 6.45) is -0.730. The molecule has 0 unspecified atom stereocenters. The number of amides is 1.